The van der Waals surface area contributed by atoms with E-state index in [1.165, 1.54) is 0 Å². The molecule has 0 aliphatic carbocycles. The molecule has 14 heavy (non-hydrogen) atoms. The Morgan fingerprint density at radius 2 is 1.71 bits per heavy atom. The van der Waals surface area contributed by atoms with Crippen molar-refractivity contribution in [2.45, 2.75) is 0 Å². The molecule has 1 aromatic carbocycles. The molecule has 0 spiro atoms. The Labute approximate surface area is 82.1 Å². The van der Waals surface area contributed by atoms with E-state index in [0.29, 0.717) is 5.69 Å². The highest BCUT2D eigenvalue weighted by molar-refractivity contribution is 5.65. The van der Waals surface area contributed by atoms with Crippen molar-refractivity contribution in [1.29, 1.82) is 0 Å². The third-order valence-corrected chi connectivity index (χ3v) is 1.86. The number of pyridine rings is 1. The molecule has 0 amide bonds. The molecular formula is C11H10N2O. The lowest BCUT2D eigenvalue weighted by Crippen LogP contribution is -1.89. The first-order valence-electron chi connectivity index (χ1n) is 4.31. The molecular weight excluding hydrogens is 176 g/mol. The van der Waals surface area contributed by atoms with Gasteiger partial charge in [0.1, 0.15) is 5.75 Å². The molecule has 0 radical (unpaired) electrons. The molecule has 2 aromatic rings. The molecule has 0 saturated heterocycles. The summed E-state index contributed by atoms with van der Waals surface area (Å²) in [7, 11) is 0. The van der Waals surface area contributed by atoms with E-state index in [9.17, 15) is 5.11 Å². The Morgan fingerprint density at radius 1 is 1.00 bits per heavy atom. The normalized spacial score (nSPS) is 9.71. The number of rotatable bonds is 2. The fourth-order valence-electron chi connectivity index (χ4n) is 1.17. The minimum Gasteiger partial charge on any atom is -0.506 e. The Balaban J connectivity index is 2.24. The van der Waals surface area contributed by atoms with Crippen LogP contribution in [0.3, 0.4) is 0 Å². The summed E-state index contributed by atoms with van der Waals surface area (Å²) < 4.78 is 0. The number of aromatic hydroxyl groups is 1. The molecule has 1 heterocycles. The van der Waals surface area contributed by atoms with Crippen molar-refractivity contribution in [3.63, 3.8) is 0 Å². The van der Waals surface area contributed by atoms with Crippen LogP contribution in [0.15, 0.2) is 48.8 Å². The lowest BCUT2D eigenvalue weighted by molar-refractivity contribution is 0.478. The largest absolute Gasteiger partial charge is 0.506 e. The predicted molar refractivity (Wildman–Crippen MR) is 55.6 cm³/mol. The first kappa shape index (κ1) is 8.56. The minimum atomic E-state index is 0.240. The average Bonchev–Trinajstić information content (AvgIpc) is 2.23. The summed E-state index contributed by atoms with van der Waals surface area (Å²) in [6, 6.07) is 10.8. The van der Waals surface area contributed by atoms with Gasteiger partial charge in [-0.15, -0.1) is 0 Å². The second-order valence-corrected chi connectivity index (χ2v) is 2.88. The van der Waals surface area contributed by atoms with Crippen LogP contribution < -0.4 is 5.32 Å². The van der Waals surface area contributed by atoms with E-state index in [0.717, 1.165) is 5.69 Å². The molecule has 2 rings (SSSR count). The fraction of sp³-hybridized carbons (Fsp3) is 0. The van der Waals surface area contributed by atoms with E-state index in [2.05, 4.69) is 10.3 Å². The Hall–Kier alpha value is -2.03. The van der Waals surface area contributed by atoms with E-state index in [4.69, 9.17) is 0 Å². The van der Waals surface area contributed by atoms with Crippen molar-refractivity contribution >= 4 is 11.4 Å². The van der Waals surface area contributed by atoms with Gasteiger partial charge in [0.15, 0.2) is 0 Å². The number of hydrogen-bond acceptors (Lipinski definition) is 3. The van der Waals surface area contributed by atoms with Gasteiger partial charge in [0.25, 0.3) is 0 Å². The Kier molecular flexibility index (Phi) is 2.32. The van der Waals surface area contributed by atoms with Crippen LogP contribution >= 0.6 is 0 Å². The van der Waals surface area contributed by atoms with Crippen LogP contribution in [0.4, 0.5) is 11.4 Å². The predicted octanol–water partition coefficient (Wildman–Crippen LogP) is 2.53. The van der Waals surface area contributed by atoms with Crippen molar-refractivity contribution in [1.82, 2.24) is 4.98 Å². The summed E-state index contributed by atoms with van der Waals surface area (Å²) in [5.74, 6) is 0.240. The zero-order valence-corrected chi connectivity index (χ0v) is 7.51. The smallest absolute Gasteiger partial charge is 0.139 e. The summed E-state index contributed by atoms with van der Waals surface area (Å²) in [4.78, 5) is 3.91. The molecule has 0 atom stereocenters. The lowest BCUT2D eigenvalue weighted by Gasteiger charge is -2.06. The van der Waals surface area contributed by atoms with Crippen molar-refractivity contribution in [2.75, 3.05) is 5.32 Å². The SMILES string of the molecule is Oc1ccccc1Nc1ccncc1. The summed E-state index contributed by atoms with van der Waals surface area (Å²) in [6.45, 7) is 0. The molecule has 0 bridgehead atoms. The molecule has 0 saturated carbocycles. The van der Waals surface area contributed by atoms with Crippen molar-refractivity contribution in [3.05, 3.63) is 48.8 Å². The summed E-state index contributed by atoms with van der Waals surface area (Å²) in [6.07, 6.45) is 3.39. The van der Waals surface area contributed by atoms with E-state index in [1.54, 1.807) is 24.5 Å². The van der Waals surface area contributed by atoms with Gasteiger partial charge in [-0.1, -0.05) is 12.1 Å². The number of para-hydroxylation sites is 2. The lowest BCUT2D eigenvalue weighted by atomic mass is 10.3. The molecule has 0 fully saturated rings. The molecule has 3 nitrogen and oxygen atoms in total. The summed E-state index contributed by atoms with van der Waals surface area (Å²) in [5.41, 5.74) is 1.60. The van der Waals surface area contributed by atoms with Gasteiger partial charge in [0.2, 0.25) is 0 Å². The highest BCUT2D eigenvalue weighted by atomic mass is 16.3. The van der Waals surface area contributed by atoms with E-state index in [1.807, 2.05) is 24.3 Å². The third-order valence-electron chi connectivity index (χ3n) is 1.86. The maximum Gasteiger partial charge on any atom is 0.139 e. The molecule has 0 aliphatic heterocycles. The number of anilines is 2. The monoisotopic (exact) mass is 186 g/mol. The van der Waals surface area contributed by atoms with Gasteiger partial charge in [-0.3, -0.25) is 4.98 Å². The van der Waals surface area contributed by atoms with Crippen LogP contribution in [-0.4, -0.2) is 10.1 Å². The summed E-state index contributed by atoms with van der Waals surface area (Å²) >= 11 is 0. The van der Waals surface area contributed by atoms with Crippen molar-refractivity contribution in [3.8, 4) is 5.75 Å². The highest BCUT2D eigenvalue weighted by Gasteiger charge is 1.98. The van der Waals surface area contributed by atoms with Gasteiger partial charge in [-0.25, -0.2) is 0 Å². The number of benzene rings is 1. The number of hydrogen-bond donors (Lipinski definition) is 2. The Morgan fingerprint density at radius 3 is 2.43 bits per heavy atom. The van der Waals surface area contributed by atoms with Gasteiger partial charge >= 0.3 is 0 Å². The van der Waals surface area contributed by atoms with Gasteiger partial charge < -0.3 is 10.4 Å². The van der Waals surface area contributed by atoms with Crippen LogP contribution in [0.25, 0.3) is 0 Å². The molecule has 0 aliphatic rings. The summed E-state index contributed by atoms with van der Waals surface area (Å²) in [5, 5.41) is 12.6. The van der Waals surface area contributed by atoms with Gasteiger partial charge in [0, 0.05) is 18.1 Å². The maximum atomic E-state index is 9.49. The first-order chi connectivity index (χ1) is 6.86. The van der Waals surface area contributed by atoms with Gasteiger partial charge in [0.05, 0.1) is 5.69 Å². The molecule has 0 unspecified atom stereocenters. The maximum absolute atomic E-state index is 9.49. The van der Waals surface area contributed by atoms with Crippen LogP contribution in [0.2, 0.25) is 0 Å². The van der Waals surface area contributed by atoms with Gasteiger partial charge in [-0.2, -0.15) is 0 Å². The van der Waals surface area contributed by atoms with Crippen molar-refractivity contribution in [2.24, 2.45) is 0 Å². The topological polar surface area (TPSA) is 45.1 Å². The van der Waals surface area contributed by atoms with E-state index < -0.39 is 0 Å². The van der Waals surface area contributed by atoms with Crippen LogP contribution in [0, 0.1) is 0 Å². The van der Waals surface area contributed by atoms with Crippen LogP contribution in [0.1, 0.15) is 0 Å². The van der Waals surface area contributed by atoms with Gasteiger partial charge in [-0.05, 0) is 24.3 Å². The van der Waals surface area contributed by atoms with E-state index in [-0.39, 0.29) is 5.75 Å². The second kappa shape index (κ2) is 3.79. The zero-order valence-electron chi connectivity index (χ0n) is 7.51. The molecule has 70 valence electrons. The molecule has 2 N–H and O–H groups in total. The zero-order chi connectivity index (χ0) is 9.80. The fourth-order valence-corrected chi connectivity index (χ4v) is 1.17. The van der Waals surface area contributed by atoms with E-state index >= 15 is 0 Å². The molecule has 3 heteroatoms. The number of nitrogens with one attached hydrogen (secondary N) is 1. The minimum absolute atomic E-state index is 0.240. The standard InChI is InChI=1S/C11H10N2O/c14-11-4-2-1-3-10(11)13-9-5-7-12-8-6-9/h1-8,14H,(H,12,13). The number of phenols is 1. The number of phenolic OH excluding ortho intramolecular Hbond substituents is 1. The Bertz CT molecular complexity index is 415. The molecule has 1 aromatic heterocycles. The number of aromatic nitrogens is 1. The highest BCUT2D eigenvalue weighted by Crippen LogP contribution is 2.25. The van der Waals surface area contributed by atoms with Crippen LogP contribution in [0.5, 0.6) is 5.75 Å². The quantitative estimate of drug-likeness (QED) is 0.708. The third kappa shape index (κ3) is 1.82. The second-order valence-electron chi connectivity index (χ2n) is 2.88. The van der Waals surface area contributed by atoms with Crippen molar-refractivity contribution < 1.29 is 5.11 Å². The number of nitrogens with zero attached hydrogens (tertiary/aromatic N) is 1. The average molecular weight is 186 g/mol. The van der Waals surface area contributed by atoms with Crippen LogP contribution in [-0.2, 0) is 0 Å². The first-order valence-corrected chi connectivity index (χ1v) is 4.31.